The number of nitrogens with one attached hydrogen (secondary N) is 1. The molecule has 0 spiro atoms. The molecule has 0 radical (unpaired) electrons. The van der Waals surface area contributed by atoms with E-state index in [0.29, 0.717) is 12.2 Å². The van der Waals surface area contributed by atoms with Gasteiger partial charge in [0.25, 0.3) is 10.0 Å². The molecule has 1 amide bonds. The fourth-order valence-corrected chi connectivity index (χ4v) is 4.59. The van der Waals surface area contributed by atoms with Gasteiger partial charge in [-0.2, -0.15) is 0 Å². The van der Waals surface area contributed by atoms with Crippen LogP contribution in [-0.2, 0) is 20.2 Å². The molecule has 0 unspecified atom stereocenters. The number of sulfonamides is 1. The van der Waals surface area contributed by atoms with Crippen LogP contribution in [-0.4, -0.2) is 20.9 Å². The van der Waals surface area contributed by atoms with E-state index < -0.39 is 10.0 Å². The zero-order chi connectivity index (χ0) is 19.3. The molecular formula is C20H24N2O3S. The van der Waals surface area contributed by atoms with E-state index in [1.165, 1.54) is 6.92 Å². The maximum Gasteiger partial charge on any atom is 0.261 e. The Balaban J connectivity index is 2.01. The van der Waals surface area contributed by atoms with Gasteiger partial charge in [-0.05, 0) is 49.2 Å². The van der Waals surface area contributed by atoms with Crippen molar-refractivity contribution in [2.24, 2.45) is 0 Å². The first-order valence-electron chi connectivity index (χ1n) is 8.54. The number of nitrogens with zero attached hydrogens (tertiary/aromatic N) is 1. The number of carbonyl (C=O) groups excluding carboxylic acids is 1. The van der Waals surface area contributed by atoms with Crippen LogP contribution in [0.5, 0.6) is 0 Å². The van der Waals surface area contributed by atoms with Crippen molar-refractivity contribution in [1.82, 2.24) is 0 Å². The van der Waals surface area contributed by atoms with E-state index in [9.17, 15) is 13.2 Å². The van der Waals surface area contributed by atoms with E-state index in [-0.39, 0.29) is 16.2 Å². The Morgan fingerprint density at radius 2 is 1.81 bits per heavy atom. The maximum atomic E-state index is 12.9. The van der Waals surface area contributed by atoms with Crippen LogP contribution in [0.3, 0.4) is 0 Å². The summed E-state index contributed by atoms with van der Waals surface area (Å²) in [4.78, 5) is 13.8. The molecule has 138 valence electrons. The van der Waals surface area contributed by atoms with E-state index in [2.05, 4.69) is 4.72 Å². The van der Waals surface area contributed by atoms with Gasteiger partial charge in [0.2, 0.25) is 5.91 Å². The Labute approximate surface area is 155 Å². The molecular weight excluding hydrogens is 348 g/mol. The first-order chi connectivity index (χ1) is 12.0. The number of anilines is 2. The van der Waals surface area contributed by atoms with Crippen LogP contribution >= 0.6 is 0 Å². The highest BCUT2D eigenvalue weighted by Crippen LogP contribution is 2.41. The van der Waals surface area contributed by atoms with E-state index in [1.807, 2.05) is 39.8 Å². The normalized spacial score (nSPS) is 15.7. The molecule has 6 heteroatoms. The second-order valence-corrected chi connectivity index (χ2v) is 9.27. The molecule has 2 aromatic rings. The summed E-state index contributed by atoms with van der Waals surface area (Å²) >= 11 is 0. The van der Waals surface area contributed by atoms with Gasteiger partial charge in [-0.3, -0.25) is 9.52 Å². The van der Waals surface area contributed by atoms with Gasteiger partial charge in [-0.25, -0.2) is 8.42 Å². The van der Waals surface area contributed by atoms with E-state index >= 15 is 0 Å². The number of benzene rings is 2. The van der Waals surface area contributed by atoms with Gasteiger partial charge >= 0.3 is 0 Å². The van der Waals surface area contributed by atoms with Gasteiger partial charge in [-0.1, -0.05) is 31.5 Å². The zero-order valence-electron chi connectivity index (χ0n) is 15.8. The van der Waals surface area contributed by atoms with Crippen molar-refractivity contribution < 1.29 is 13.2 Å². The molecule has 0 atom stereocenters. The fraction of sp³-hybridized carbons (Fsp3) is 0.350. The second-order valence-electron chi connectivity index (χ2n) is 7.59. The van der Waals surface area contributed by atoms with Crippen LogP contribution in [0.25, 0.3) is 0 Å². The molecule has 0 fully saturated rings. The number of amides is 1. The summed E-state index contributed by atoms with van der Waals surface area (Å²) in [5.41, 5.74) is 3.88. The lowest BCUT2D eigenvalue weighted by atomic mass is 9.87. The van der Waals surface area contributed by atoms with E-state index in [4.69, 9.17) is 0 Å². The Bertz CT molecular complexity index is 994. The summed E-state index contributed by atoms with van der Waals surface area (Å²) in [6.45, 7) is 9.95. The Morgan fingerprint density at radius 3 is 2.42 bits per heavy atom. The van der Waals surface area contributed by atoms with Crippen molar-refractivity contribution in [3.8, 4) is 0 Å². The predicted octanol–water partition coefficient (Wildman–Crippen LogP) is 3.75. The van der Waals surface area contributed by atoms with Gasteiger partial charge in [0.05, 0.1) is 10.6 Å². The molecule has 3 rings (SSSR count). The van der Waals surface area contributed by atoms with E-state index in [0.717, 1.165) is 22.4 Å². The highest BCUT2D eigenvalue weighted by Gasteiger charge is 2.37. The summed E-state index contributed by atoms with van der Waals surface area (Å²) in [5, 5.41) is 0. The van der Waals surface area contributed by atoms with Crippen molar-refractivity contribution in [1.29, 1.82) is 0 Å². The molecule has 1 aliphatic rings. The maximum absolute atomic E-state index is 12.9. The Morgan fingerprint density at radius 1 is 1.12 bits per heavy atom. The summed E-state index contributed by atoms with van der Waals surface area (Å²) in [7, 11) is -3.71. The van der Waals surface area contributed by atoms with Crippen LogP contribution < -0.4 is 9.62 Å². The molecule has 1 N–H and O–H groups in total. The minimum atomic E-state index is -3.71. The topological polar surface area (TPSA) is 66.5 Å². The van der Waals surface area contributed by atoms with Gasteiger partial charge in [0.1, 0.15) is 0 Å². The van der Waals surface area contributed by atoms with Crippen LogP contribution in [0.15, 0.2) is 41.3 Å². The molecule has 1 heterocycles. The summed E-state index contributed by atoms with van der Waals surface area (Å²) in [6, 6.07) is 10.6. The van der Waals surface area contributed by atoms with Crippen molar-refractivity contribution in [2.75, 3.05) is 16.2 Å². The number of hydrogen-bond donors (Lipinski definition) is 1. The lowest BCUT2D eigenvalue weighted by molar-refractivity contribution is -0.116. The third-order valence-corrected chi connectivity index (χ3v) is 6.22. The Kier molecular flexibility index (Phi) is 4.35. The molecule has 1 aliphatic heterocycles. The highest BCUT2D eigenvalue weighted by atomic mass is 32.2. The number of hydrogen-bond acceptors (Lipinski definition) is 3. The third kappa shape index (κ3) is 3.21. The van der Waals surface area contributed by atoms with Gasteiger partial charge in [0.15, 0.2) is 0 Å². The lowest BCUT2D eigenvalue weighted by Gasteiger charge is -2.19. The molecule has 0 aromatic heterocycles. The minimum absolute atomic E-state index is 0.0409. The van der Waals surface area contributed by atoms with Gasteiger partial charge in [0, 0.05) is 24.6 Å². The molecule has 0 bridgehead atoms. The number of rotatable bonds is 3. The van der Waals surface area contributed by atoms with Crippen molar-refractivity contribution in [3.63, 3.8) is 0 Å². The van der Waals surface area contributed by atoms with Crippen LogP contribution in [0.2, 0.25) is 0 Å². The summed E-state index contributed by atoms with van der Waals surface area (Å²) in [6.07, 6.45) is 0. The van der Waals surface area contributed by atoms with Crippen molar-refractivity contribution in [2.45, 2.75) is 44.9 Å². The SMILES string of the molecule is CC(=O)N1CC(C)(C)c2cc(S(=O)(=O)Nc3ccc(C)cc3C)ccc21. The number of aryl methyl sites for hydroxylation is 2. The van der Waals surface area contributed by atoms with Crippen LogP contribution in [0.4, 0.5) is 11.4 Å². The average Bonchev–Trinajstić information content (AvgIpc) is 2.81. The first kappa shape index (κ1) is 18.5. The Hall–Kier alpha value is -2.34. The van der Waals surface area contributed by atoms with Crippen LogP contribution in [0.1, 0.15) is 37.5 Å². The molecule has 0 saturated heterocycles. The number of fused-ring (bicyclic) bond motifs is 1. The minimum Gasteiger partial charge on any atom is -0.311 e. The zero-order valence-corrected chi connectivity index (χ0v) is 16.6. The highest BCUT2D eigenvalue weighted by molar-refractivity contribution is 7.92. The van der Waals surface area contributed by atoms with Gasteiger partial charge in [-0.15, -0.1) is 0 Å². The quantitative estimate of drug-likeness (QED) is 0.892. The monoisotopic (exact) mass is 372 g/mol. The summed E-state index contributed by atoms with van der Waals surface area (Å²) < 4.78 is 28.4. The second kappa shape index (κ2) is 6.13. The molecule has 5 nitrogen and oxygen atoms in total. The lowest BCUT2D eigenvalue weighted by Crippen LogP contribution is -2.31. The first-order valence-corrected chi connectivity index (χ1v) is 10.0. The predicted molar refractivity (Wildman–Crippen MR) is 104 cm³/mol. The molecule has 0 saturated carbocycles. The van der Waals surface area contributed by atoms with Crippen molar-refractivity contribution >= 4 is 27.3 Å². The molecule has 26 heavy (non-hydrogen) atoms. The number of carbonyl (C=O) groups is 1. The average molecular weight is 372 g/mol. The summed E-state index contributed by atoms with van der Waals surface area (Å²) in [5.74, 6) is -0.0409. The van der Waals surface area contributed by atoms with Gasteiger partial charge < -0.3 is 4.90 Å². The standard InChI is InChI=1S/C20H24N2O3S/c1-13-6-8-18(14(2)10-13)21-26(24,25)16-7-9-19-17(11-16)20(4,5)12-22(19)15(3)23/h6-11,21H,12H2,1-5H3. The molecule has 2 aromatic carbocycles. The molecule has 0 aliphatic carbocycles. The third-order valence-electron chi connectivity index (χ3n) is 4.86. The van der Waals surface area contributed by atoms with Crippen LogP contribution in [0, 0.1) is 13.8 Å². The smallest absolute Gasteiger partial charge is 0.261 e. The van der Waals surface area contributed by atoms with Crippen molar-refractivity contribution in [3.05, 3.63) is 53.1 Å². The fourth-order valence-electron chi connectivity index (χ4n) is 3.44. The largest absolute Gasteiger partial charge is 0.311 e. The van der Waals surface area contributed by atoms with E-state index in [1.54, 1.807) is 29.2 Å².